The van der Waals surface area contributed by atoms with Gasteiger partial charge < -0.3 is 9.13 Å². The summed E-state index contributed by atoms with van der Waals surface area (Å²) in [6, 6.07) is 57.1. The molecule has 2 heterocycles. The molecule has 0 N–H and O–H groups in total. The Morgan fingerprint density at radius 3 is 1.33 bits per heavy atom. The van der Waals surface area contributed by atoms with Gasteiger partial charge in [-0.2, -0.15) is 29.0 Å². The van der Waals surface area contributed by atoms with Gasteiger partial charge in [-0.05, 0) is 94.5 Å². The van der Waals surface area contributed by atoms with Crippen molar-refractivity contribution in [2.75, 3.05) is 0 Å². The third kappa shape index (κ3) is 5.77. The van der Waals surface area contributed by atoms with Crippen LogP contribution in [0.15, 0.2) is 170 Å². The van der Waals surface area contributed by atoms with E-state index in [4.69, 9.17) is 0 Å². The number of halogens is 3. The van der Waals surface area contributed by atoms with Gasteiger partial charge in [-0.15, -0.1) is 0 Å². The van der Waals surface area contributed by atoms with Crippen LogP contribution in [0.5, 0.6) is 0 Å². The first kappa shape index (κ1) is 36.0. The lowest BCUT2D eigenvalue weighted by molar-refractivity contribution is -0.137. The Bertz CT molecular complexity index is 3530. The Hall–Kier alpha value is -8.38. The Labute approximate surface area is 341 Å². The lowest BCUT2D eigenvalue weighted by Gasteiger charge is -2.24. The van der Waals surface area contributed by atoms with Gasteiger partial charge in [0.05, 0.1) is 68.3 Å². The molecule has 8 heteroatoms. The van der Waals surface area contributed by atoms with Crippen LogP contribution in [-0.4, -0.2) is 9.13 Å². The van der Waals surface area contributed by atoms with Crippen LogP contribution in [0.3, 0.4) is 0 Å². The van der Waals surface area contributed by atoms with Crippen molar-refractivity contribution in [3.8, 4) is 63.0 Å². The summed E-state index contributed by atoms with van der Waals surface area (Å²) < 4.78 is 53.3. The first-order valence-electron chi connectivity index (χ1n) is 19.1. The fraction of sp³-hybridized carbons (Fsp3) is 0.0192. The second kappa shape index (κ2) is 13.9. The highest BCUT2D eigenvalue weighted by Crippen LogP contribution is 2.48. The molecule has 0 saturated heterocycles. The minimum absolute atomic E-state index is 0.0735. The van der Waals surface area contributed by atoms with Crippen LogP contribution in [0.4, 0.5) is 13.2 Å². The summed E-state index contributed by atoms with van der Waals surface area (Å²) in [6.07, 6.45) is -4.90. The van der Waals surface area contributed by atoms with Crippen LogP contribution in [-0.2, 0) is 6.18 Å². The maximum Gasteiger partial charge on any atom is 0.420 e. The number of para-hydroxylation sites is 2. The normalized spacial score (nSPS) is 11.5. The molecule has 2 aromatic heterocycles. The van der Waals surface area contributed by atoms with Crippen LogP contribution in [0, 0.1) is 34.0 Å². The highest BCUT2D eigenvalue weighted by molar-refractivity contribution is 6.12. The van der Waals surface area contributed by atoms with Gasteiger partial charge in [0.2, 0.25) is 0 Å². The zero-order chi connectivity index (χ0) is 41.1. The molecule has 0 aliphatic carbocycles. The summed E-state index contributed by atoms with van der Waals surface area (Å²) in [5.41, 5.74) is 6.22. The van der Waals surface area contributed by atoms with Crippen molar-refractivity contribution >= 4 is 43.6 Å². The summed E-state index contributed by atoms with van der Waals surface area (Å²) in [4.78, 5) is 0. The molecule has 0 aliphatic heterocycles. The number of hydrogen-bond acceptors (Lipinski definition) is 3. The molecule has 8 aromatic carbocycles. The van der Waals surface area contributed by atoms with Crippen molar-refractivity contribution in [1.82, 2.24) is 9.13 Å². The second-order valence-corrected chi connectivity index (χ2v) is 14.6. The summed E-state index contributed by atoms with van der Waals surface area (Å²) in [7, 11) is 0. The number of aromatic nitrogens is 2. The topological polar surface area (TPSA) is 81.2 Å². The highest BCUT2D eigenvalue weighted by atomic mass is 19.4. The number of nitrogens with zero attached hydrogens (tertiary/aromatic N) is 5. The van der Waals surface area contributed by atoms with E-state index in [0.717, 1.165) is 43.8 Å². The number of hydrogen-bond donors (Lipinski definition) is 0. The van der Waals surface area contributed by atoms with E-state index in [9.17, 15) is 15.8 Å². The smallest absolute Gasteiger partial charge is 0.309 e. The molecule has 282 valence electrons. The maximum absolute atomic E-state index is 16.6. The summed E-state index contributed by atoms with van der Waals surface area (Å²) >= 11 is 0. The van der Waals surface area contributed by atoms with Gasteiger partial charge in [-0.3, -0.25) is 0 Å². The van der Waals surface area contributed by atoms with Crippen molar-refractivity contribution < 1.29 is 13.2 Å². The molecule has 5 nitrogen and oxygen atoms in total. The fourth-order valence-electron chi connectivity index (χ4n) is 8.61. The van der Waals surface area contributed by atoms with Crippen molar-refractivity contribution in [3.05, 3.63) is 192 Å². The van der Waals surface area contributed by atoms with E-state index < -0.39 is 11.7 Å². The highest BCUT2D eigenvalue weighted by Gasteiger charge is 2.40. The molecule has 0 fully saturated rings. The molecule has 0 radical (unpaired) electrons. The zero-order valence-electron chi connectivity index (χ0n) is 31.5. The minimum atomic E-state index is -4.90. The molecule has 10 rings (SSSR count). The van der Waals surface area contributed by atoms with E-state index >= 15 is 13.2 Å². The number of rotatable bonds is 5. The standard InChI is InChI=1S/C52H28F3N5/c53-52(54,55)50-47(59-45-16-3-1-14-41(45)43-20-18-37(27-48(43)59)35-11-5-8-32(24-35)29-56)23-22-40(39-13-7-10-34(26-39)31-58)51(50)60-46-17-4-2-15-42(46)44-21-19-38(28-49(44)60)36-12-6-9-33(25-36)30-57/h1-28H. The van der Waals surface area contributed by atoms with Gasteiger partial charge in [0.25, 0.3) is 0 Å². The first-order valence-corrected chi connectivity index (χ1v) is 19.1. The molecule has 0 bridgehead atoms. The van der Waals surface area contributed by atoms with Crippen LogP contribution in [0.2, 0.25) is 0 Å². The molecule has 0 spiro atoms. The number of fused-ring (bicyclic) bond motifs is 6. The predicted molar refractivity (Wildman–Crippen MR) is 231 cm³/mol. The van der Waals surface area contributed by atoms with Crippen molar-refractivity contribution in [1.29, 1.82) is 15.8 Å². The number of benzene rings is 8. The summed E-state index contributed by atoms with van der Waals surface area (Å²) in [5.74, 6) is 0. The lowest BCUT2D eigenvalue weighted by atomic mass is 9.96. The molecule has 10 aromatic rings. The van der Waals surface area contributed by atoms with Crippen LogP contribution >= 0.6 is 0 Å². The van der Waals surface area contributed by atoms with Crippen LogP contribution < -0.4 is 0 Å². The molecule has 0 amide bonds. The molecular weight excluding hydrogens is 752 g/mol. The Balaban J connectivity index is 1.37. The zero-order valence-corrected chi connectivity index (χ0v) is 31.5. The van der Waals surface area contributed by atoms with Gasteiger partial charge in [-0.25, -0.2) is 0 Å². The van der Waals surface area contributed by atoms with E-state index in [1.807, 2.05) is 97.1 Å². The van der Waals surface area contributed by atoms with E-state index in [0.29, 0.717) is 44.3 Å². The molecule has 0 atom stereocenters. The third-order valence-electron chi connectivity index (χ3n) is 11.2. The van der Waals surface area contributed by atoms with Crippen molar-refractivity contribution in [3.63, 3.8) is 0 Å². The largest absolute Gasteiger partial charge is 0.420 e. The molecule has 0 unspecified atom stereocenters. The van der Waals surface area contributed by atoms with Crippen molar-refractivity contribution in [2.24, 2.45) is 0 Å². The van der Waals surface area contributed by atoms with E-state index in [1.54, 1.807) is 75.9 Å². The van der Waals surface area contributed by atoms with Gasteiger partial charge in [0, 0.05) is 27.1 Å². The third-order valence-corrected chi connectivity index (χ3v) is 11.2. The van der Waals surface area contributed by atoms with Gasteiger partial charge >= 0.3 is 6.18 Å². The average molecular weight is 780 g/mol. The monoisotopic (exact) mass is 779 g/mol. The van der Waals surface area contributed by atoms with Crippen molar-refractivity contribution in [2.45, 2.75) is 6.18 Å². The Morgan fingerprint density at radius 1 is 0.383 bits per heavy atom. The maximum atomic E-state index is 16.6. The lowest BCUT2D eigenvalue weighted by Crippen LogP contribution is -2.17. The second-order valence-electron chi connectivity index (χ2n) is 14.6. The van der Waals surface area contributed by atoms with Gasteiger partial charge in [0.15, 0.2) is 0 Å². The SMILES string of the molecule is N#Cc1cccc(-c2ccc3c4ccccc4n(-c4ccc(-c5cccc(C#N)c5)c(-n5c6ccccc6c6ccc(-c7cccc(C#N)c7)cc65)c4C(F)(F)F)c3c2)c1. The molecule has 0 aliphatic rings. The average Bonchev–Trinajstić information content (AvgIpc) is 3.80. The fourth-order valence-corrected chi connectivity index (χ4v) is 8.61. The van der Waals surface area contributed by atoms with E-state index in [1.165, 1.54) is 6.07 Å². The van der Waals surface area contributed by atoms with Gasteiger partial charge in [0.1, 0.15) is 5.56 Å². The predicted octanol–water partition coefficient (Wildman–Crippen LogP) is 13.5. The van der Waals surface area contributed by atoms with Crippen LogP contribution in [0.25, 0.3) is 88.4 Å². The first-order chi connectivity index (χ1) is 29.2. The Kier molecular flexibility index (Phi) is 8.35. The molecule has 0 saturated carbocycles. The molecular formula is C52H28F3N5. The van der Waals surface area contributed by atoms with Crippen LogP contribution in [0.1, 0.15) is 22.3 Å². The quantitative estimate of drug-likeness (QED) is 0.174. The summed E-state index contributed by atoms with van der Waals surface area (Å²) in [5, 5.41) is 32.3. The number of alkyl halides is 3. The van der Waals surface area contributed by atoms with E-state index in [-0.39, 0.29) is 16.9 Å². The van der Waals surface area contributed by atoms with Gasteiger partial charge in [-0.1, -0.05) is 103 Å². The number of nitriles is 3. The summed E-state index contributed by atoms with van der Waals surface area (Å²) in [6.45, 7) is 0. The Morgan fingerprint density at radius 2 is 0.817 bits per heavy atom. The molecule has 60 heavy (non-hydrogen) atoms. The minimum Gasteiger partial charge on any atom is -0.309 e. The van der Waals surface area contributed by atoms with E-state index in [2.05, 4.69) is 18.2 Å².